The Labute approximate surface area is 149 Å². The number of carbonyl (C=O) groups is 2. The van der Waals surface area contributed by atoms with Crippen LogP contribution < -0.4 is 0 Å². The van der Waals surface area contributed by atoms with Crippen molar-refractivity contribution in [2.24, 2.45) is 0 Å². The summed E-state index contributed by atoms with van der Waals surface area (Å²) in [7, 11) is 0. The monoisotopic (exact) mass is 345 g/mol. The van der Waals surface area contributed by atoms with Crippen molar-refractivity contribution < 1.29 is 14.0 Å². The molecule has 0 radical (unpaired) electrons. The Morgan fingerprint density at radius 2 is 1.68 bits per heavy atom. The first kappa shape index (κ1) is 17.7. The van der Waals surface area contributed by atoms with Crippen LogP contribution in [0.1, 0.15) is 31.4 Å². The van der Waals surface area contributed by atoms with Crippen LogP contribution in [0.5, 0.6) is 0 Å². The molecule has 6 heteroatoms. The van der Waals surface area contributed by atoms with E-state index in [9.17, 15) is 9.59 Å². The van der Waals surface area contributed by atoms with Gasteiger partial charge in [0.2, 0.25) is 11.8 Å². The fraction of sp³-hybridized carbons (Fsp3) is 0.579. The Morgan fingerprint density at radius 1 is 0.960 bits per heavy atom. The molecule has 136 valence electrons. The van der Waals surface area contributed by atoms with Crippen LogP contribution >= 0.6 is 0 Å². The Kier molecular flexibility index (Phi) is 6.28. The third kappa shape index (κ3) is 5.19. The first-order valence-corrected chi connectivity index (χ1v) is 9.23. The summed E-state index contributed by atoms with van der Waals surface area (Å²) in [4.78, 5) is 30.7. The molecule has 0 atom stereocenters. The van der Waals surface area contributed by atoms with Crippen LogP contribution in [0.2, 0.25) is 0 Å². The molecule has 2 amide bonds. The van der Waals surface area contributed by atoms with Gasteiger partial charge in [-0.05, 0) is 31.1 Å². The number of hydrogen-bond acceptors (Lipinski definition) is 4. The molecule has 0 spiro atoms. The van der Waals surface area contributed by atoms with Crippen molar-refractivity contribution in [3.63, 3.8) is 0 Å². The molecule has 2 aliphatic heterocycles. The molecular formula is C19H27N3O3. The molecule has 2 saturated heterocycles. The lowest BCUT2D eigenvalue weighted by Crippen LogP contribution is -2.51. The lowest BCUT2D eigenvalue weighted by Gasteiger charge is -2.34. The van der Waals surface area contributed by atoms with Gasteiger partial charge in [0.1, 0.15) is 5.76 Å². The van der Waals surface area contributed by atoms with Crippen molar-refractivity contribution in [3.05, 3.63) is 30.2 Å². The minimum absolute atomic E-state index is 0.00473. The highest BCUT2D eigenvalue weighted by atomic mass is 16.3. The highest BCUT2D eigenvalue weighted by Crippen LogP contribution is 2.11. The molecule has 2 aliphatic rings. The minimum Gasteiger partial charge on any atom is -0.465 e. The number of hydrogen-bond donors (Lipinski definition) is 0. The number of piperazine rings is 1. The van der Waals surface area contributed by atoms with E-state index in [1.807, 2.05) is 15.9 Å². The number of likely N-dealkylation sites (tertiary alicyclic amines) is 1. The van der Waals surface area contributed by atoms with E-state index in [0.29, 0.717) is 25.4 Å². The molecule has 2 fully saturated rings. The molecule has 25 heavy (non-hydrogen) atoms. The molecule has 0 aromatic carbocycles. The van der Waals surface area contributed by atoms with Crippen LogP contribution in [-0.4, -0.2) is 72.3 Å². The van der Waals surface area contributed by atoms with Gasteiger partial charge in [-0.15, -0.1) is 0 Å². The Balaban J connectivity index is 1.42. The van der Waals surface area contributed by atoms with Crippen LogP contribution in [0.25, 0.3) is 6.08 Å². The van der Waals surface area contributed by atoms with Crippen LogP contribution in [0.15, 0.2) is 28.9 Å². The summed E-state index contributed by atoms with van der Waals surface area (Å²) >= 11 is 0. The maximum atomic E-state index is 12.5. The van der Waals surface area contributed by atoms with Gasteiger partial charge in [0.15, 0.2) is 0 Å². The fourth-order valence-electron chi connectivity index (χ4n) is 3.38. The second-order valence-corrected chi connectivity index (χ2v) is 6.75. The maximum Gasteiger partial charge on any atom is 0.246 e. The van der Waals surface area contributed by atoms with E-state index in [4.69, 9.17) is 4.42 Å². The lowest BCUT2D eigenvalue weighted by atomic mass is 10.2. The first-order chi connectivity index (χ1) is 12.2. The van der Waals surface area contributed by atoms with Crippen molar-refractivity contribution in [3.8, 4) is 0 Å². The van der Waals surface area contributed by atoms with Gasteiger partial charge < -0.3 is 14.2 Å². The summed E-state index contributed by atoms with van der Waals surface area (Å²) in [6.45, 7) is 5.09. The van der Waals surface area contributed by atoms with E-state index in [-0.39, 0.29) is 11.8 Å². The zero-order valence-electron chi connectivity index (χ0n) is 14.7. The second kappa shape index (κ2) is 8.85. The van der Waals surface area contributed by atoms with E-state index in [1.54, 1.807) is 24.5 Å². The van der Waals surface area contributed by atoms with Crippen LogP contribution in [0.3, 0.4) is 0 Å². The fourth-order valence-corrected chi connectivity index (χ4v) is 3.38. The summed E-state index contributed by atoms with van der Waals surface area (Å²) < 4.78 is 5.19. The number of amides is 2. The van der Waals surface area contributed by atoms with Gasteiger partial charge in [0.25, 0.3) is 0 Å². The molecule has 0 unspecified atom stereocenters. The smallest absolute Gasteiger partial charge is 0.246 e. The predicted molar refractivity (Wildman–Crippen MR) is 95.8 cm³/mol. The molecule has 3 rings (SSSR count). The summed E-state index contributed by atoms with van der Waals surface area (Å²) in [5.74, 6) is 0.907. The van der Waals surface area contributed by atoms with Gasteiger partial charge in [0.05, 0.1) is 12.8 Å². The molecule has 6 nitrogen and oxygen atoms in total. The van der Waals surface area contributed by atoms with E-state index in [0.717, 1.165) is 39.0 Å². The van der Waals surface area contributed by atoms with Crippen molar-refractivity contribution in [1.29, 1.82) is 0 Å². The van der Waals surface area contributed by atoms with Crippen molar-refractivity contribution in [2.75, 3.05) is 45.8 Å². The highest BCUT2D eigenvalue weighted by Gasteiger charge is 2.23. The molecule has 1 aromatic heterocycles. The van der Waals surface area contributed by atoms with Gasteiger partial charge in [0, 0.05) is 45.3 Å². The molecule has 0 bridgehead atoms. The number of rotatable bonds is 4. The van der Waals surface area contributed by atoms with E-state index >= 15 is 0 Å². The molecule has 3 heterocycles. The van der Waals surface area contributed by atoms with Crippen LogP contribution in [0.4, 0.5) is 0 Å². The van der Waals surface area contributed by atoms with Crippen molar-refractivity contribution in [2.45, 2.75) is 25.7 Å². The Bertz CT molecular complexity index is 581. The third-order valence-corrected chi connectivity index (χ3v) is 4.93. The zero-order valence-corrected chi connectivity index (χ0v) is 14.7. The van der Waals surface area contributed by atoms with Gasteiger partial charge in [-0.1, -0.05) is 12.8 Å². The SMILES string of the molecule is O=C(/C=C\c1ccco1)N1CCN(CC(=O)N2CCCCCC2)CC1. The zero-order chi connectivity index (χ0) is 17.5. The quantitative estimate of drug-likeness (QED) is 0.782. The molecular weight excluding hydrogens is 318 g/mol. The number of furan rings is 1. The summed E-state index contributed by atoms with van der Waals surface area (Å²) in [5, 5.41) is 0. The molecule has 0 saturated carbocycles. The van der Waals surface area contributed by atoms with Crippen molar-refractivity contribution in [1.82, 2.24) is 14.7 Å². The standard InChI is InChI=1S/C19H27N3O3/c23-18(8-7-17-6-5-15-25-17)22-13-11-20(12-14-22)16-19(24)21-9-3-1-2-4-10-21/h5-8,15H,1-4,9-14,16H2/b8-7-. The van der Waals surface area contributed by atoms with Gasteiger partial charge in [-0.25, -0.2) is 0 Å². The minimum atomic E-state index is -0.00473. The topological polar surface area (TPSA) is 57.0 Å². The second-order valence-electron chi connectivity index (χ2n) is 6.75. The Morgan fingerprint density at radius 3 is 2.32 bits per heavy atom. The molecule has 0 N–H and O–H groups in total. The predicted octanol–water partition coefficient (Wildman–Crippen LogP) is 1.84. The van der Waals surface area contributed by atoms with E-state index in [1.165, 1.54) is 12.8 Å². The summed E-state index contributed by atoms with van der Waals surface area (Å²) in [6.07, 6.45) is 9.54. The average Bonchev–Trinajstić information content (AvgIpc) is 3.00. The maximum absolute atomic E-state index is 12.5. The van der Waals surface area contributed by atoms with Crippen LogP contribution in [0, 0.1) is 0 Å². The summed E-state index contributed by atoms with van der Waals surface area (Å²) in [6, 6.07) is 3.61. The number of nitrogens with zero attached hydrogens (tertiary/aromatic N) is 3. The first-order valence-electron chi connectivity index (χ1n) is 9.23. The van der Waals surface area contributed by atoms with Gasteiger partial charge in [-0.2, -0.15) is 0 Å². The molecule has 1 aromatic rings. The Hall–Kier alpha value is -2.08. The average molecular weight is 345 g/mol. The van der Waals surface area contributed by atoms with E-state index in [2.05, 4.69) is 4.90 Å². The lowest BCUT2D eigenvalue weighted by molar-refractivity contribution is -0.133. The molecule has 0 aliphatic carbocycles. The largest absolute Gasteiger partial charge is 0.465 e. The van der Waals surface area contributed by atoms with Gasteiger partial charge in [-0.3, -0.25) is 14.5 Å². The van der Waals surface area contributed by atoms with Gasteiger partial charge >= 0.3 is 0 Å². The van der Waals surface area contributed by atoms with Crippen molar-refractivity contribution >= 4 is 17.9 Å². The van der Waals surface area contributed by atoms with E-state index < -0.39 is 0 Å². The normalized spacial score (nSPS) is 20.0. The third-order valence-electron chi connectivity index (χ3n) is 4.93. The van der Waals surface area contributed by atoms with Crippen LogP contribution in [-0.2, 0) is 9.59 Å². The number of carbonyl (C=O) groups excluding carboxylic acids is 2. The highest BCUT2D eigenvalue weighted by molar-refractivity contribution is 5.91. The summed E-state index contributed by atoms with van der Waals surface area (Å²) in [5.41, 5.74) is 0.